The molecule has 1 aromatic heterocycles. The van der Waals surface area contributed by atoms with E-state index in [9.17, 15) is 9.59 Å². The molecule has 1 N–H and O–H groups in total. The summed E-state index contributed by atoms with van der Waals surface area (Å²) in [6, 6.07) is 14.6. The highest BCUT2D eigenvalue weighted by molar-refractivity contribution is 7.13. The van der Waals surface area contributed by atoms with Crippen LogP contribution in [0.2, 0.25) is 0 Å². The number of amides is 2. The van der Waals surface area contributed by atoms with E-state index in [1.165, 1.54) is 16.2 Å². The molecule has 0 bridgehead atoms. The van der Waals surface area contributed by atoms with Gasteiger partial charge < -0.3 is 19.7 Å². The lowest BCUT2D eigenvalue weighted by Gasteiger charge is -2.15. The lowest BCUT2D eigenvalue weighted by molar-refractivity contribution is -0.116. The van der Waals surface area contributed by atoms with E-state index in [0.717, 1.165) is 16.3 Å². The van der Waals surface area contributed by atoms with Gasteiger partial charge in [-0.25, -0.2) is 4.98 Å². The standard InChI is InChI=1S/C23H25N3O4S/c1-15(2)30-18-10-8-16(9-11-18)22-25-20(14-31-22)23(28)26(3)13-21(27)24-17-6-5-7-19(12-17)29-4/h5-12,14-15H,13H2,1-4H3,(H,24,27). The van der Waals surface area contributed by atoms with Crippen molar-refractivity contribution in [1.29, 1.82) is 0 Å². The summed E-state index contributed by atoms with van der Waals surface area (Å²) in [5, 5.41) is 5.19. The molecule has 2 amide bonds. The van der Waals surface area contributed by atoms with Gasteiger partial charge in [-0.05, 0) is 50.2 Å². The number of carbonyl (C=O) groups excluding carboxylic acids is 2. The van der Waals surface area contributed by atoms with Gasteiger partial charge in [0.1, 0.15) is 22.2 Å². The number of anilines is 1. The number of benzene rings is 2. The van der Waals surface area contributed by atoms with E-state index in [4.69, 9.17) is 9.47 Å². The summed E-state index contributed by atoms with van der Waals surface area (Å²) >= 11 is 1.38. The number of hydrogen-bond donors (Lipinski definition) is 1. The fourth-order valence-electron chi connectivity index (χ4n) is 2.84. The number of likely N-dealkylation sites (N-methyl/N-ethyl adjacent to an activating group) is 1. The normalized spacial score (nSPS) is 10.6. The van der Waals surface area contributed by atoms with Crippen LogP contribution in [0, 0.1) is 0 Å². The van der Waals surface area contributed by atoms with E-state index in [1.54, 1.807) is 43.8 Å². The smallest absolute Gasteiger partial charge is 0.273 e. The maximum atomic E-state index is 12.7. The van der Waals surface area contributed by atoms with E-state index in [0.29, 0.717) is 17.1 Å². The van der Waals surface area contributed by atoms with E-state index < -0.39 is 0 Å². The average molecular weight is 440 g/mol. The molecule has 0 saturated carbocycles. The molecule has 0 aliphatic rings. The molecule has 1 heterocycles. The van der Waals surface area contributed by atoms with Crippen LogP contribution in [0.25, 0.3) is 10.6 Å². The molecular formula is C23H25N3O4S. The molecule has 2 aromatic carbocycles. The molecule has 0 radical (unpaired) electrons. The van der Waals surface area contributed by atoms with Gasteiger partial charge in [0.25, 0.3) is 5.91 Å². The first kappa shape index (κ1) is 22.3. The van der Waals surface area contributed by atoms with Gasteiger partial charge >= 0.3 is 0 Å². The van der Waals surface area contributed by atoms with Crippen LogP contribution in [-0.2, 0) is 4.79 Å². The summed E-state index contributed by atoms with van der Waals surface area (Å²) < 4.78 is 10.8. The number of methoxy groups -OCH3 is 1. The molecule has 7 nitrogen and oxygen atoms in total. The van der Waals surface area contributed by atoms with Crippen LogP contribution in [0.5, 0.6) is 11.5 Å². The van der Waals surface area contributed by atoms with E-state index in [-0.39, 0.29) is 24.5 Å². The van der Waals surface area contributed by atoms with Crippen LogP contribution in [0.3, 0.4) is 0 Å². The van der Waals surface area contributed by atoms with Crippen molar-refractivity contribution in [3.05, 3.63) is 59.6 Å². The fraction of sp³-hybridized carbons (Fsp3) is 0.261. The number of rotatable bonds is 8. The van der Waals surface area contributed by atoms with Crippen molar-refractivity contribution in [2.24, 2.45) is 0 Å². The van der Waals surface area contributed by atoms with Crippen molar-refractivity contribution in [3.63, 3.8) is 0 Å². The van der Waals surface area contributed by atoms with Crippen LogP contribution in [-0.4, -0.2) is 48.5 Å². The predicted molar refractivity (Wildman–Crippen MR) is 122 cm³/mol. The molecule has 8 heteroatoms. The van der Waals surface area contributed by atoms with Crippen molar-refractivity contribution in [3.8, 4) is 22.1 Å². The van der Waals surface area contributed by atoms with Crippen molar-refractivity contribution in [2.75, 3.05) is 26.0 Å². The van der Waals surface area contributed by atoms with Gasteiger partial charge in [-0.3, -0.25) is 9.59 Å². The number of nitrogens with one attached hydrogen (secondary N) is 1. The summed E-state index contributed by atoms with van der Waals surface area (Å²) in [7, 11) is 3.13. The summed E-state index contributed by atoms with van der Waals surface area (Å²) in [6.45, 7) is 3.85. The topological polar surface area (TPSA) is 80.8 Å². The average Bonchev–Trinajstić information content (AvgIpc) is 3.23. The first-order valence-corrected chi connectivity index (χ1v) is 10.7. The van der Waals surface area contributed by atoms with Crippen molar-refractivity contribution < 1.29 is 19.1 Å². The molecule has 31 heavy (non-hydrogen) atoms. The number of carbonyl (C=O) groups is 2. The second-order valence-corrected chi connectivity index (χ2v) is 8.03. The summed E-state index contributed by atoms with van der Waals surface area (Å²) in [5.74, 6) is 0.803. The Balaban J connectivity index is 1.61. The Kier molecular flexibility index (Phi) is 7.25. The maximum absolute atomic E-state index is 12.7. The van der Waals surface area contributed by atoms with Crippen LogP contribution < -0.4 is 14.8 Å². The quantitative estimate of drug-likeness (QED) is 0.565. The SMILES string of the molecule is COc1cccc(NC(=O)CN(C)C(=O)c2csc(-c3ccc(OC(C)C)cc3)n2)c1. The lowest BCUT2D eigenvalue weighted by Crippen LogP contribution is -2.35. The minimum Gasteiger partial charge on any atom is -0.497 e. The fourth-order valence-corrected chi connectivity index (χ4v) is 3.64. The Bertz CT molecular complexity index is 1050. The molecule has 0 atom stereocenters. The molecule has 0 saturated heterocycles. The third-order valence-electron chi connectivity index (χ3n) is 4.28. The van der Waals surface area contributed by atoms with Crippen molar-refractivity contribution in [1.82, 2.24) is 9.88 Å². The summed E-state index contributed by atoms with van der Waals surface area (Å²) in [5.41, 5.74) is 1.81. The largest absolute Gasteiger partial charge is 0.497 e. The van der Waals surface area contributed by atoms with Gasteiger partial charge in [-0.2, -0.15) is 0 Å². The molecule has 0 spiro atoms. The second-order valence-electron chi connectivity index (χ2n) is 7.17. The zero-order chi connectivity index (χ0) is 22.4. The third kappa shape index (κ3) is 6.05. The minimum atomic E-state index is -0.317. The Hall–Kier alpha value is -3.39. The molecular weight excluding hydrogens is 414 g/mol. The monoisotopic (exact) mass is 439 g/mol. The van der Waals surface area contributed by atoms with Crippen LogP contribution in [0.1, 0.15) is 24.3 Å². The van der Waals surface area contributed by atoms with Crippen LogP contribution >= 0.6 is 11.3 Å². The number of aromatic nitrogens is 1. The van der Waals surface area contributed by atoms with Gasteiger partial charge in [-0.15, -0.1) is 11.3 Å². The Morgan fingerprint density at radius 2 is 1.87 bits per heavy atom. The molecule has 0 aliphatic carbocycles. The minimum absolute atomic E-state index is 0.0931. The van der Waals surface area contributed by atoms with Gasteiger partial charge in [-0.1, -0.05) is 6.07 Å². The first-order valence-electron chi connectivity index (χ1n) is 9.77. The Morgan fingerprint density at radius 3 is 2.55 bits per heavy atom. The molecule has 0 aliphatic heterocycles. The molecule has 0 unspecified atom stereocenters. The molecule has 3 rings (SSSR count). The summed E-state index contributed by atoms with van der Waals surface area (Å²) in [4.78, 5) is 30.8. The van der Waals surface area contributed by atoms with E-state index in [1.807, 2.05) is 38.1 Å². The highest BCUT2D eigenvalue weighted by Gasteiger charge is 2.18. The Labute approximate surface area is 185 Å². The maximum Gasteiger partial charge on any atom is 0.273 e. The third-order valence-corrected chi connectivity index (χ3v) is 5.17. The highest BCUT2D eigenvalue weighted by atomic mass is 32.1. The van der Waals surface area contributed by atoms with E-state index in [2.05, 4.69) is 10.3 Å². The van der Waals surface area contributed by atoms with Crippen molar-refractivity contribution in [2.45, 2.75) is 20.0 Å². The lowest BCUT2D eigenvalue weighted by atomic mass is 10.2. The number of nitrogens with zero attached hydrogens (tertiary/aromatic N) is 2. The first-order chi connectivity index (χ1) is 14.9. The molecule has 0 fully saturated rings. The number of hydrogen-bond acceptors (Lipinski definition) is 6. The van der Waals surface area contributed by atoms with Gasteiger partial charge in [0.15, 0.2) is 0 Å². The number of ether oxygens (including phenoxy) is 2. The van der Waals surface area contributed by atoms with Crippen LogP contribution in [0.15, 0.2) is 53.9 Å². The second kappa shape index (κ2) is 10.1. The highest BCUT2D eigenvalue weighted by Crippen LogP contribution is 2.26. The number of thiazole rings is 1. The Morgan fingerprint density at radius 1 is 1.13 bits per heavy atom. The van der Waals surface area contributed by atoms with Gasteiger partial charge in [0.2, 0.25) is 5.91 Å². The molecule has 162 valence electrons. The summed E-state index contributed by atoms with van der Waals surface area (Å²) in [6.07, 6.45) is 0.103. The van der Waals surface area contributed by atoms with Crippen LogP contribution in [0.4, 0.5) is 5.69 Å². The van der Waals surface area contributed by atoms with Gasteiger partial charge in [0, 0.05) is 29.7 Å². The zero-order valence-corrected chi connectivity index (χ0v) is 18.7. The van der Waals surface area contributed by atoms with Gasteiger partial charge in [0.05, 0.1) is 19.8 Å². The molecule has 3 aromatic rings. The predicted octanol–water partition coefficient (Wildman–Crippen LogP) is 4.32. The van der Waals surface area contributed by atoms with E-state index >= 15 is 0 Å². The van der Waals surface area contributed by atoms with Crippen molar-refractivity contribution >= 4 is 28.8 Å². The zero-order valence-electron chi connectivity index (χ0n) is 17.9.